The number of Topliss-reactive ketones (excluding diaryl/α,β-unsaturated/α-hetero) is 1. The van der Waals surface area contributed by atoms with Gasteiger partial charge in [-0.05, 0) is 63.7 Å². The van der Waals surface area contributed by atoms with Crippen LogP contribution in [-0.4, -0.2) is 36.7 Å². The van der Waals surface area contributed by atoms with E-state index in [0.717, 1.165) is 4.90 Å². The van der Waals surface area contributed by atoms with Crippen LogP contribution in [0, 0.1) is 22.0 Å². The number of amides is 2. The lowest BCUT2D eigenvalue weighted by Gasteiger charge is -2.39. The highest BCUT2D eigenvalue weighted by molar-refractivity contribution is 6.39. The van der Waals surface area contributed by atoms with E-state index in [1.54, 1.807) is 44.6 Å². The van der Waals surface area contributed by atoms with Gasteiger partial charge in [-0.1, -0.05) is 97.1 Å². The van der Waals surface area contributed by atoms with Crippen LogP contribution in [0.4, 0.5) is 11.4 Å². The number of allylic oxidation sites excluding steroid dienone is 2. The van der Waals surface area contributed by atoms with Gasteiger partial charge in [-0.3, -0.25) is 24.5 Å². The first-order valence-electron chi connectivity index (χ1n) is 16.1. The van der Waals surface area contributed by atoms with E-state index in [1.165, 1.54) is 18.2 Å². The Kier molecular flexibility index (Phi) is 7.04. The molecule has 3 aliphatic rings. The van der Waals surface area contributed by atoms with E-state index in [0.29, 0.717) is 44.9 Å². The topological polar surface area (TPSA) is 116 Å². The first kappa shape index (κ1) is 31.0. The molecule has 0 N–H and O–H groups in total. The number of carbonyl (C=O) groups excluding carboxylic acids is 3. The smallest absolute Gasteiger partial charge is 0.293 e. The summed E-state index contributed by atoms with van der Waals surface area (Å²) < 4.78 is 11.0. The third kappa shape index (κ3) is 3.91. The van der Waals surface area contributed by atoms with E-state index in [1.807, 2.05) is 84.9 Å². The predicted octanol–water partition coefficient (Wildman–Crippen LogP) is 6.80. The molecule has 0 spiro atoms. The first-order valence-corrected chi connectivity index (χ1v) is 16.1. The molecule has 8 rings (SSSR count). The van der Waals surface area contributed by atoms with E-state index in [-0.39, 0.29) is 17.2 Å². The molecule has 9 heteroatoms. The Balaban J connectivity index is 1.54. The Bertz CT molecular complexity index is 2100. The average Bonchev–Trinajstić information content (AvgIpc) is 3.67. The number of nitrogens with zero attached hydrogens (tertiary/aromatic N) is 2. The lowest BCUT2D eigenvalue weighted by Crippen LogP contribution is -2.45. The van der Waals surface area contributed by atoms with Crippen LogP contribution in [0.3, 0.4) is 0 Å². The fraction of sp³-hybridized carbons (Fsp3) is 0.146. The summed E-state index contributed by atoms with van der Waals surface area (Å²) in [5, 5.41) is 12.3. The molecule has 246 valence electrons. The molecule has 5 aromatic rings. The van der Waals surface area contributed by atoms with E-state index in [9.17, 15) is 10.1 Å². The van der Waals surface area contributed by atoms with E-state index < -0.39 is 39.4 Å². The number of nitro groups is 1. The second-order valence-electron chi connectivity index (χ2n) is 12.6. The highest BCUT2D eigenvalue weighted by atomic mass is 16.6. The molecule has 9 nitrogen and oxygen atoms in total. The highest BCUT2D eigenvalue weighted by Gasteiger charge is 2.83. The van der Waals surface area contributed by atoms with Crippen molar-refractivity contribution in [3.8, 4) is 11.5 Å². The summed E-state index contributed by atoms with van der Waals surface area (Å²) in [5.41, 5.74) is -0.173. The molecular weight excluding hydrogens is 632 g/mol. The lowest BCUT2D eigenvalue weighted by molar-refractivity contribution is -0.384. The SMILES string of the molecule is COc1ccc(C2=C(c3ccc(OC)cc3)[C@@]3(c4ccccc4)C(=O)[C@]2(c2ccccc2)[C@H]2C(=O)N(c4ccccc4[N+](=O)[O-])C(=O)[C@@H]23)cc1. The standard InChI is InChI=1S/C41H30N2O7/c1-49-29-21-17-25(18-22-29)33-34(26-19-23-30(50-2)24-20-26)41(28-13-7-4-8-14-28)36-35(40(33,39(41)46)27-11-5-3-6-12-27)37(44)42(38(36)45)31-15-9-10-16-32(31)43(47)48/h3-24,35-36H,1-2H3/t35-,36-,40-,41+/m1/s1. The molecule has 2 bridgehead atoms. The van der Waals surface area contributed by atoms with E-state index in [4.69, 9.17) is 9.47 Å². The Morgan fingerprint density at radius 2 is 0.980 bits per heavy atom. The van der Waals surface area contributed by atoms with Gasteiger partial charge in [0.05, 0.1) is 41.8 Å². The molecule has 2 aliphatic carbocycles. The van der Waals surface area contributed by atoms with E-state index in [2.05, 4.69) is 0 Å². The fourth-order valence-corrected chi connectivity index (χ4v) is 8.68. The second kappa shape index (κ2) is 11.4. The number of hydrogen-bond donors (Lipinski definition) is 0. The van der Waals surface area contributed by atoms with Crippen LogP contribution in [0.25, 0.3) is 11.1 Å². The number of fused-ring (bicyclic) bond motifs is 5. The summed E-state index contributed by atoms with van der Waals surface area (Å²) in [6.45, 7) is 0. The molecule has 50 heavy (non-hydrogen) atoms. The van der Waals surface area contributed by atoms with Gasteiger partial charge in [-0.2, -0.15) is 0 Å². The molecule has 1 saturated heterocycles. The average molecular weight is 663 g/mol. The van der Waals surface area contributed by atoms with Crippen LogP contribution < -0.4 is 14.4 Å². The van der Waals surface area contributed by atoms with Crippen LogP contribution in [0.1, 0.15) is 22.3 Å². The summed E-state index contributed by atoms with van der Waals surface area (Å²) in [7, 11) is 3.14. The molecule has 0 unspecified atom stereocenters. The van der Waals surface area contributed by atoms with Crippen LogP contribution in [0.15, 0.2) is 133 Å². The van der Waals surface area contributed by atoms with Crippen molar-refractivity contribution < 1.29 is 28.8 Å². The van der Waals surface area contributed by atoms with Crippen LogP contribution in [0.5, 0.6) is 11.5 Å². The molecule has 0 aromatic heterocycles. The maximum atomic E-state index is 16.0. The third-order valence-corrected chi connectivity index (χ3v) is 10.5. The van der Waals surface area contributed by atoms with Crippen molar-refractivity contribution in [2.45, 2.75) is 10.8 Å². The van der Waals surface area contributed by atoms with Crippen molar-refractivity contribution >= 4 is 40.1 Å². The van der Waals surface area contributed by atoms with Crippen LogP contribution in [-0.2, 0) is 25.2 Å². The maximum Gasteiger partial charge on any atom is 0.293 e. The first-order chi connectivity index (χ1) is 24.3. The van der Waals surface area contributed by atoms with Gasteiger partial charge in [-0.25, -0.2) is 4.90 Å². The largest absolute Gasteiger partial charge is 0.497 e. The van der Waals surface area contributed by atoms with Crippen molar-refractivity contribution in [2.24, 2.45) is 11.8 Å². The fourth-order valence-electron chi connectivity index (χ4n) is 8.68. The number of para-hydroxylation sites is 2. The number of methoxy groups -OCH3 is 2. The molecule has 0 radical (unpaired) electrons. The van der Waals surface area contributed by atoms with Gasteiger partial charge in [0.15, 0.2) is 5.78 Å². The summed E-state index contributed by atoms with van der Waals surface area (Å²) in [4.78, 5) is 58.9. The normalized spacial score (nSPS) is 23.7. The lowest BCUT2D eigenvalue weighted by atomic mass is 9.59. The molecule has 2 amide bonds. The summed E-state index contributed by atoms with van der Waals surface area (Å²) in [6, 6.07) is 38.6. The van der Waals surface area contributed by atoms with Crippen molar-refractivity contribution in [1.82, 2.24) is 0 Å². The molecule has 1 aliphatic heterocycles. The van der Waals surface area contributed by atoms with Gasteiger partial charge in [-0.15, -0.1) is 0 Å². The Morgan fingerprint density at radius 3 is 1.38 bits per heavy atom. The number of ketones is 1. The minimum Gasteiger partial charge on any atom is -0.497 e. The Hall–Kier alpha value is -6.35. The molecule has 1 saturated carbocycles. The Labute approximate surface area is 287 Å². The van der Waals surface area contributed by atoms with Crippen molar-refractivity contribution in [3.05, 3.63) is 166 Å². The number of benzene rings is 5. The maximum absolute atomic E-state index is 16.0. The minimum atomic E-state index is -1.66. The monoisotopic (exact) mass is 662 g/mol. The number of imide groups is 1. The number of rotatable bonds is 8. The number of carbonyl (C=O) groups is 3. The zero-order valence-corrected chi connectivity index (χ0v) is 27.1. The number of anilines is 1. The van der Waals surface area contributed by atoms with Crippen LogP contribution >= 0.6 is 0 Å². The minimum absolute atomic E-state index is 0.128. The van der Waals surface area contributed by atoms with Crippen molar-refractivity contribution in [1.29, 1.82) is 0 Å². The summed E-state index contributed by atoms with van der Waals surface area (Å²) in [5.74, 6) is -2.85. The van der Waals surface area contributed by atoms with Crippen molar-refractivity contribution in [3.63, 3.8) is 0 Å². The zero-order chi connectivity index (χ0) is 34.8. The number of hydrogen-bond acceptors (Lipinski definition) is 7. The van der Waals surface area contributed by atoms with Gasteiger partial charge in [0.1, 0.15) is 17.2 Å². The van der Waals surface area contributed by atoms with Crippen molar-refractivity contribution in [2.75, 3.05) is 19.1 Å². The van der Waals surface area contributed by atoms with Gasteiger partial charge >= 0.3 is 0 Å². The van der Waals surface area contributed by atoms with Gasteiger partial charge in [0.2, 0.25) is 11.8 Å². The quantitative estimate of drug-likeness (QED) is 0.102. The predicted molar refractivity (Wildman–Crippen MR) is 187 cm³/mol. The zero-order valence-electron chi connectivity index (χ0n) is 27.1. The number of ether oxygens (including phenoxy) is 2. The molecule has 2 fully saturated rings. The van der Waals surface area contributed by atoms with Gasteiger partial charge < -0.3 is 9.47 Å². The Morgan fingerprint density at radius 1 is 0.580 bits per heavy atom. The van der Waals surface area contributed by atoms with Gasteiger partial charge in [0, 0.05) is 6.07 Å². The van der Waals surface area contributed by atoms with E-state index >= 15 is 14.4 Å². The number of nitro benzene ring substituents is 1. The molecule has 5 aromatic carbocycles. The highest BCUT2D eigenvalue weighted by Crippen LogP contribution is 2.74. The second-order valence-corrected chi connectivity index (χ2v) is 12.6. The molecule has 1 heterocycles. The summed E-state index contributed by atoms with van der Waals surface area (Å²) in [6.07, 6.45) is 0. The summed E-state index contributed by atoms with van der Waals surface area (Å²) >= 11 is 0. The van der Waals surface area contributed by atoms with Gasteiger partial charge in [0.25, 0.3) is 5.69 Å². The molecule has 4 atom stereocenters. The molecular formula is C41H30N2O7. The van der Waals surface area contributed by atoms with Crippen LogP contribution in [0.2, 0.25) is 0 Å². The third-order valence-electron chi connectivity index (χ3n) is 10.5.